The number of carbonyl (C=O) groups is 2. The summed E-state index contributed by atoms with van der Waals surface area (Å²) in [5.41, 5.74) is 1.37. The summed E-state index contributed by atoms with van der Waals surface area (Å²) >= 11 is 0. The molecule has 142 valence electrons. The number of benzene rings is 1. The third-order valence-corrected chi connectivity index (χ3v) is 5.21. The van der Waals surface area contributed by atoms with Crippen LogP contribution in [0.3, 0.4) is 0 Å². The van der Waals surface area contributed by atoms with Crippen molar-refractivity contribution in [3.05, 3.63) is 35.9 Å². The van der Waals surface area contributed by atoms with Gasteiger partial charge in [-0.05, 0) is 38.2 Å². The Morgan fingerprint density at radius 2 is 1.73 bits per heavy atom. The average molecular weight is 358 g/mol. The van der Waals surface area contributed by atoms with Gasteiger partial charge in [0.2, 0.25) is 5.91 Å². The molecule has 6 nitrogen and oxygen atoms in total. The van der Waals surface area contributed by atoms with Crippen LogP contribution < -0.4 is 10.6 Å². The van der Waals surface area contributed by atoms with Gasteiger partial charge in [0.25, 0.3) is 0 Å². The highest BCUT2D eigenvalue weighted by Crippen LogP contribution is 2.36. The molecule has 0 radical (unpaired) electrons. The van der Waals surface area contributed by atoms with Crippen LogP contribution in [0.2, 0.25) is 0 Å². The number of amides is 3. The standard InChI is InChI=1S/C20H30N4O2/c1-15(2)21-19(25)14-23-8-10-24(11-9-23)20(26)22-18-12-17(13-18)16-6-4-3-5-7-16/h3-7,15,17-18H,8-14H2,1-2H3,(H,21,25)(H,22,26). The summed E-state index contributed by atoms with van der Waals surface area (Å²) in [7, 11) is 0. The first kappa shape index (κ1) is 18.7. The first-order valence-electron chi connectivity index (χ1n) is 9.63. The van der Waals surface area contributed by atoms with Crippen LogP contribution in [0.5, 0.6) is 0 Å². The van der Waals surface area contributed by atoms with E-state index in [2.05, 4.69) is 39.8 Å². The maximum Gasteiger partial charge on any atom is 0.317 e. The van der Waals surface area contributed by atoms with Crippen LogP contribution in [-0.2, 0) is 4.79 Å². The number of rotatable bonds is 5. The zero-order valence-corrected chi connectivity index (χ0v) is 15.8. The van der Waals surface area contributed by atoms with E-state index < -0.39 is 0 Å². The molecule has 3 amide bonds. The lowest BCUT2D eigenvalue weighted by atomic mass is 9.76. The number of urea groups is 1. The van der Waals surface area contributed by atoms with Gasteiger partial charge in [-0.3, -0.25) is 9.69 Å². The Hall–Kier alpha value is -2.08. The first-order chi connectivity index (χ1) is 12.5. The van der Waals surface area contributed by atoms with Gasteiger partial charge in [-0.25, -0.2) is 4.79 Å². The van der Waals surface area contributed by atoms with Gasteiger partial charge in [0.05, 0.1) is 6.54 Å². The summed E-state index contributed by atoms with van der Waals surface area (Å²) in [6.07, 6.45) is 2.04. The smallest absolute Gasteiger partial charge is 0.317 e. The zero-order chi connectivity index (χ0) is 18.5. The molecule has 1 aromatic rings. The molecule has 1 aromatic carbocycles. The van der Waals surface area contributed by atoms with Gasteiger partial charge in [0.15, 0.2) is 0 Å². The van der Waals surface area contributed by atoms with E-state index in [1.807, 2.05) is 24.8 Å². The molecular weight excluding hydrogens is 328 g/mol. The number of nitrogens with zero attached hydrogens (tertiary/aromatic N) is 2. The fraction of sp³-hybridized carbons (Fsp3) is 0.600. The molecule has 0 bridgehead atoms. The lowest BCUT2D eigenvalue weighted by molar-refractivity contribution is -0.123. The second kappa shape index (κ2) is 8.54. The highest BCUT2D eigenvalue weighted by molar-refractivity contribution is 5.78. The van der Waals surface area contributed by atoms with Gasteiger partial charge in [-0.2, -0.15) is 0 Å². The van der Waals surface area contributed by atoms with Crippen molar-refractivity contribution in [2.24, 2.45) is 0 Å². The summed E-state index contributed by atoms with van der Waals surface area (Å²) < 4.78 is 0. The van der Waals surface area contributed by atoms with Gasteiger partial charge in [0.1, 0.15) is 0 Å². The number of hydrogen-bond donors (Lipinski definition) is 2. The van der Waals surface area contributed by atoms with Crippen LogP contribution in [0.25, 0.3) is 0 Å². The molecule has 0 aromatic heterocycles. The third-order valence-electron chi connectivity index (χ3n) is 5.21. The van der Waals surface area contributed by atoms with Crippen molar-refractivity contribution in [2.75, 3.05) is 32.7 Å². The molecule has 2 N–H and O–H groups in total. The molecule has 1 aliphatic carbocycles. The molecule has 2 aliphatic rings. The summed E-state index contributed by atoms with van der Waals surface area (Å²) in [4.78, 5) is 28.2. The fourth-order valence-electron chi connectivity index (χ4n) is 3.68. The molecule has 1 saturated carbocycles. The van der Waals surface area contributed by atoms with E-state index in [9.17, 15) is 9.59 Å². The maximum absolute atomic E-state index is 12.4. The van der Waals surface area contributed by atoms with Crippen molar-refractivity contribution in [2.45, 2.75) is 44.7 Å². The van der Waals surface area contributed by atoms with E-state index in [1.165, 1.54) is 5.56 Å². The van der Waals surface area contributed by atoms with Crippen LogP contribution >= 0.6 is 0 Å². The van der Waals surface area contributed by atoms with Crippen molar-refractivity contribution in [1.82, 2.24) is 20.4 Å². The summed E-state index contributed by atoms with van der Waals surface area (Å²) in [5, 5.41) is 6.07. The fourth-order valence-corrected chi connectivity index (χ4v) is 3.68. The number of hydrogen-bond acceptors (Lipinski definition) is 3. The molecule has 0 atom stereocenters. The Labute approximate surface area is 155 Å². The molecule has 2 fully saturated rings. The van der Waals surface area contributed by atoms with E-state index in [0.29, 0.717) is 25.6 Å². The molecule has 0 unspecified atom stereocenters. The van der Waals surface area contributed by atoms with Crippen molar-refractivity contribution >= 4 is 11.9 Å². The monoisotopic (exact) mass is 358 g/mol. The average Bonchev–Trinajstić information content (AvgIpc) is 2.58. The Bertz CT molecular complexity index is 605. The lowest BCUT2D eigenvalue weighted by Gasteiger charge is -2.39. The normalized spacial score (nSPS) is 23.4. The minimum atomic E-state index is 0.0350. The number of nitrogens with one attached hydrogen (secondary N) is 2. The van der Waals surface area contributed by atoms with Crippen molar-refractivity contribution in [3.8, 4) is 0 Å². The maximum atomic E-state index is 12.4. The van der Waals surface area contributed by atoms with Gasteiger partial charge >= 0.3 is 6.03 Å². The molecule has 1 heterocycles. The predicted octanol–water partition coefficient (Wildman–Crippen LogP) is 1.78. The Morgan fingerprint density at radius 1 is 1.08 bits per heavy atom. The molecule has 6 heteroatoms. The highest BCUT2D eigenvalue weighted by atomic mass is 16.2. The third kappa shape index (κ3) is 4.97. The number of piperazine rings is 1. The summed E-state index contributed by atoms with van der Waals surface area (Å²) in [5.74, 6) is 0.622. The molecular formula is C20H30N4O2. The first-order valence-corrected chi connectivity index (χ1v) is 9.63. The highest BCUT2D eigenvalue weighted by Gasteiger charge is 2.32. The Kier molecular flexibility index (Phi) is 6.14. The minimum absolute atomic E-state index is 0.0350. The van der Waals surface area contributed by atoms with E-state index >= 15 is 0 Å². The van der Waals surface area contributed by atoms with Gasteiger partial charge in [0, 0.05) is 38.3 Å². The van der Waals surface area contributed by atoms with Gasteiger partial charge < -0.3 is 15.5 Å². The largest absolute Gasteiger partial charge is 0.353 e. The number of carbonyl (C=O) groups excluding carboxylic acids is 2. The summed E-state index contributed by atoms with van der Waals surface area (Å²) in [6.45, 7) is 7.18. The van der Waals surface area contributed by atoms with Crippen LogP contribution in [0.15, 0.2) is 30.3 Å². The SMILES string of the molecule is CC(C)NC(=O)CN1CCN(C(=O)NC2CC(c3ccccc3)C2)CC1. The second-order valence-electron chi connectivity index (χ2n) is 7.71. The van der Waals surface area contributed by atoms with Crippen molar-refractivity contribution in [3.63, 3.8) is 0 Å². The lowest BCUT2D eigenvalue weighted by Crippen LogP contribution is -2.56. The Balaban J connectivity index is 1.35. The predicted molar refractivity (Wildman–Crippen MR) is 102 cm³/mol. The quantitative estimate of drug-likeness (QED) is 0.843. The summed E-state index contributed by atoms with van der Waals surface area (Å²) in [6, 6.07) is 11.0. The van der Waals surface area contributed by atoms with Crippen molar-refractivity contribution < 1.29 is 9.59 Å². The molecule has 3 rings (SSSR count). The van der Waals surface area contributed by atoms with E-state index in [-0.39, 0.29) is 24.0 Å². The minimum Gasteiger partial charge on any atom is -0.353 e. The van der Waals surface area contributed by atoms with E-state index in [0.717, 1.165) is 25.9 Å². The molecule has 0 spiro atoms. The van der Waals surface area contributed by atoms with Gasteiger partial charge in [-0.1, -0.05) is 30.3 Å². The molecule has 1 saturated heterocycles. The van der Waals surface area contributed by atoms with Crippen LogP contribution in [0, 0.1) is 0 Å². The van der Waals surface area contributed by atoms with Crippen LogP contribution in [0.1, 0.15) is 38.2 Å². The van der Waals surface area contributed by atoms with Crippen LogP contribution in [0.4, 0.5) is 4.79 Å². The van der Waals surface area contributed by atoms with Crippen LogP contribution in [-0.4, -0.2) is 66.5 Å². The molecule has 26 heavy (non-hydrogen) atoms. The second-order valence-corrected chi connectivity index (χ2v) is 7.71. The molecule has 1 aliphatic heterocycles. The Morgan fingerprint density at radius 3 is 2.35 bits per heavy atom. The topological polar surface area (TPSA) is 64.7 Å². The van der Waals surface area contributed by atoms with E-state index in [4.69, 9.17) is 0 Å². The van der Waals surface area contributed by atoms with Gasteiger partial charge in [-0.15, -0.1) is 0 Å². The van der Waals surface area contributed by atoms with E-state index in [1.54, 1.807) is 0 Å². The van der Waals surface area contributed by atoms with Crippen molar-refractivity contribution in [1.29, 1.82) is 0 Å². The zero-order valence-electron chi connectivity index (χ0n) is 15.8.